The van der Waals surface area contributed by atoms with Crippen molar-refractivity contribution < 1.29 is 4.74 Å². The fraction of sp³-hybridized carbons (Fsp3) is 0.177. The van der Waals surface area contributed by atoms with E-state index in [0.717, 1.165) is 50.8 Å². The first-order valence-electron chi connectivity index (χ1n) is 29.7. The van der Waals surface area contributed by atoms with Gasteiger partial charge in [0.1, 0.15) is 24.0 Å². The molecule has 5 heteroatoms. The Morgan fingerprint density at radius 2 is 0.929 bits per heavy atom. The number of anilines is 4. The number of pyridine rings is 1. The van der Waals surface area contributed by atoms with Gasteiger partial charge in [0.15, 0.2) is 0 Å². The van der Waals surface area contributed by atoms with Crippen LogP contribution in [0.15, 0.2) is 237 Å². The largest absolute Gasteiger partial charge is 0.457 e. The van der Waals surface area contributed by atoms with E-state index in [2.05, 4.69) is 307 Å². The van der Waals surface area contributed by atoms with Crippen molar-refractivity contribution in [2.24, 2.45) is 0 Å². The van der Waals surface area contributed by atoms with Crippen LogP contribution in [0, 0.1) is 0 Å². The molecule has 0 unspecified atom stereocenters. The number of rotatable bonds is 7. The van der Waals surface area contributed by atoms with Crippen LogP contribution in [0.25, 0.3) is 72.1 Å². The molecule has 15 rings (SSSR count). The number of fused-ring (bicyclic) bond motifs is 14. The molecule has 0 bridgehead atoms. The van der Waals surface area contributed by atoms with E-state index in [1.165, 1.54) is 94.5 Å². The number of hydrogen-bond acceptors (Lipinski definition) is 4. The smallest absolute Gasteiger partial charge is 0.137 e. The van der Waals surface area contributed by atoms with Crippen LogP contribution in [0.3, 0.4) is 0 Å². The summed E-state index contributed by atoms with van der Waals surface area (Å²) in [6, 6.07) is 85.8. The summed E-state index contributed by atoms with van der Waals surface area (Å²) >= 11 is 0. The summed E-state index contributed by atoms with van der Waals surface area (Å²) in [6.07, 6.45) is 2.02. The second-order valence-electron chi connectivity index (χ2n) is 26.4. The minimum atomic E-state index is -0.473. The minimum absolute atomic E-state index is 0.00264. The second-order valence-corrected chi connectivity index (χ2v) is 26.4. The zero-order valence-corrected chi connectivity index (χ0v) is 49.4. The van der Waals surface area contributed by atoms with Crippen molar-refractivity contribution in [1.82, 2.24) is 9.55 Å². The number of para-hydroxylation sites is 4. The lowest BCUT2D eigenvalue weighted by Gasteiger charge is -2.31. The Morgan fingerprint density at radius 3 is 1.61 bits per heavy atom. The Morgan fingerprint density at radius 1 is 0.393 bits per heavy atom. The molecular formula is C79H68N4O. The quantitative estimate of drug-likeness (QED) is 0.159. The third-order valence-electron chi connectivity index (χ3n) is 18.2. The van der Waals surface area contributed by atoms with Gasteiger partial charge in [-0.3, -0.25) is 4.57 Å². The van der Waals surface area contributed by atoms with Gasteiger partial charge < -0.3 is 14.5 Å². The molecule has 0 atom stereocenters. The number of aromatic nitrogens is 2. The molecular weight excluding hydrogens is 1020 g/mol. The molecule has 3 aliphatic rings. The number of nitrogens with zero attached hydrogens (tertiary/aromatic N) is 4. The van der Waals surface area contributed by atoms with Crippen LogP contribution in [-0.4, -0.2) is 16.2 Å². The molecule has 12 aromatic rings. The molecule has 3 heterocycles. The van der Waals surface area contributed by atoms with Gasteiger partial charge in [0.2, 0.25) is 0 Å². The van der Waals surface area contributed by atoms with Crippen LogP contribution in [-0.2, 0) is 21.7 Å². The summed E-state index contributed by atoms with van der Waals surface area (Å²) in [6.45, 7) is 21.3. The molecule has 0 saturated heterocycles. The Kier molecular flexibility index (Phi) is 11.5. The van der Waals surface area contributed by atoms with Gasteiger partial charge in [0.05, 0.1) is 33.5 Å². The average molecular weight is 1090 g/mol. The maximum Gasteiger partial charge on any atom is 0.137 e. The molecule has 0 saturated carbocycles. The van der Waals surface area contributed by atoms with Crippen molar-refractivity contribution in [3.8, 4) is 61.8 Å². The summed E-state index contributed by atoms with van der Waals surface area (Å²) in [5.74, 6) is 2.39. The molecule has 1 aliphatic heterocycles. The van der Waals surface area contributed by atoms with E-state index in [1.54, 1.807) is 0 Å². The van der Waals surface area contributed by atoms with Gasteiger partial charge in [0, 0.05) is 45.9 Å². The fourth-order valence-electron chi connectivity index (χ4n) is 14.0. The van der Waals surface area contributed by atoms with Gasteiger partial charge in [-0.2, -0.15) is 0 Å². The Labute approximate surface area is 494 Å². The van der Waals surface area contributed by atoms with E-state index in [0.29, 0.717) is 6.67 Å². The molecule has 2 aromatic heterocycles. The monoisotopic (exact) mass is 1090 g/mol. The normalized spacial score (nSPS) is 14.0. The van der Waals surface area contributed by atoms with Gasteiger partial charge in [-0.25, -0.2) is 4.98 Å². The molecule has 2 aliphatic carbocycles. The lowest BCUT2D eigenvalue weighted by atomic mass is 9.70. The molecule has 0 fully saturated rings. The van der Waals surface area contributed by atoms with Crippen molar-refractivity contribution in [1.29, 1.82) is 0 Å². The molecule has 5 nitrogen and oxygen atoms in total. The highest BCUT2D eigenvalue weighted by molar-refractivity contribution is 6.10. The van der Waals surface area contributed by atoms with Gasteiger partial charge in [-0.15, -0.1) is 0 Å². The van der Waals surface area contributed by atoms with E-state index in [1.807, 2.05) is 6.20 Å². The third-order valence-corrected chi connectivity index (χ3v) is 18.2. The molecule has 84 heavy (non-hydrogen) atoms. The van der Waals surface area contributed by atoms with Crippen LogP contribution in [0.1, 0.15) is 101 Å². The summed E-state index contributed by atoms with van der Waals surface area (Å²) in [4.78, 5) is 10.1. The van der Waals surface area contributed by atoms with Crippen LogP contribution >= 0.6 is 0 Å². The Balaban J connectivity index is 0.886. The number of ether oxygens (including phenoxy) is 1. The first-order valence-corrected chi connectivity index (χ1v) is 29.7. The predicted octanol–water partition coefficient (Wildman–Crippen LogP) is 20.8. The first kappa shape index (κ1) is 51.4. The van der Waals surface area contributed by atoms with Crippen LogP contribution < -0.4 is 14.5 Å². The topological polar surface area (TPSA) is 33.5 Å². The average Bonchev–Trinajstić information content (AvgIpc) is 1.61. The van der Waals surface area contributed by atoms with Crippen molar-refractivity contribution in [2.75, 3.05) is 16.5 Å². The summed E-state index contributed by atoms with van der Waals surface area (Å²) in [5, 5.41) is 2.33. The van der Waals surface area contributed by atoms with Crippen LogP contribution in [0.5, 0.6) is 11.5 Å². The van der Waals surface area contributed by atoms with Gasteiger partial charge in [-0.1, -0.05) is 232 Å². The highest BCUT2D eigenvalue weighted by atomic mass is 16.5. The van der Waals surface area contributed by atoms with Crippen molar-refractivity contribution in [2.45, 2.75) is 84.0 Å². The highest BCUT2D eigenvalue weighted by Gasteiger charge is 2.52. The first-order chi connectivity index (χ1) is 40.6. The van der Waals surface area contributed by atoms with Gasteiger partial charge in [-0.05, 0) is 137 Å². The summed E-state index contributed by atoms with van der Waals surface area (Å²) < 4.78 is 9.21. The maximum atomic E-state index is 6.95. The van der Waals surface area contributed by atoms with Crippen molar-refractivity contribution in [3.63, 3.8) is 0 Å². The Hall–Kier alpha value is -9.45. The van der Waals surface area contributed by atoms with E-state index in [4.69, 9.17) is 9.72 Å². The predicted molar refractivity (Wildman–Crippen MR) is 350 cm³/mol. The molecule has 0 radical (unpaired) electrons. The lowest BCUT2D eigenvalue weighted by molar-refractivity contribution is 0.483. The molecule has 0 amide bonds. The molecule has 1 spiro atoms. The van der Waals surface area contributed by atoms with Crippen LogP contribution in [0.4, 0.5) is 22.7 Å². The van der Waals surface area contributed by atoms with E-state index >= 15 is 0 Å². The molecule has 0 N–H and O–H groups in total. The second kappa shape index (κ2) is 18.8. The van der Waals surface area contributed by atoms with Crippen molar-refractivity contribution >= 4 is 44.6 Å². The minimum Gasteiger partial charge on any atom is -0.457 e. The maximum absolute atomic E-state index is 6.95. The van der Waals surface area contributed by atoms with Crippen molar-refractivity contribution in [3.05, 3.63) is 276 Å². The van der Waals surface area contributed by atoms with Gasteiger partial charge in [0.25, 0.3) is 0 Å². The number of hydrogen-bond donors (Lipinski definition) is 0. The molecule has 410 valence electrons. The number of benzene rings is 10. The van der Waals surface area contributed by atoms with Gasteiger partial charge >= 0.3 is 0 Å². The zero-order valence-electron chi connectivity index (χ0n) is 49.4. The van der Waals surface area contributed by atoms with Crippen LogP contribution in [0.2, 0.25) is 0 Å². The van der Waals surface area contributed by atoms with E-state index in [9.17, 15) is 0 Å². The summed E-state index contributed by atoms with van der Waals surface area (Å²) in [5.41, 5.74) is 25.2. The third kappa shape index (κ3) is 7.92. The zero-order chi connectivity index (χ0) is 57.4. The molecule has 10 aromatic carbocycles. The van der Waals surface area contributed by atoms with E-state index < -0.39 is 5.41 Å². The van der Waals surface area contributed by atoms with E-state index in [-0.39, 0.29) is 16.2 Å². The fourth-order valence-corrected chi connectivity index (χ4v) is 14.0. The summed E-state index contributed by atoms with van der Waals surface area (Å²) in [7, 11) is 0. The Bertz CT molecular complexity index is 4560. The standard InChI is InChI=1S/C79H68N4O/c1-76(2,3)51-39-42-73(80-48-51)83-69-36-17-13-27-60(69)61-41-40-56(47-72(61)83)84-55-24-20-23-54(46-55)81-49-82(71-38-19-18-37-70(71)81)75-57(50-43-52(77(4,5)6)45-53(44-50)78(7,8)9)29-21-31-63(75)62-30-22-35-68-74(62)64-28-12-16-34-67(64)79(68)65-32-14-10-25-58(65)59-26-11-15-33-66(59)79/h10-48H,49H2,1-9H3. The lowest BCUT2D eigenvalue weighted by Crippen LogP contribution is -2.26. The SMILES string of the molecule is CC(C)(C)c1ccc(-n2c3ccccc3c3ccc(Oc4cccc(N5CN(c6c(-c7cc(C(C)(C)C)cc(C(C)(C)C)c7)cccc6-c6cccc7c6-c6ccccc6C76c7ccccc7-c7ccccc76)c6ccccc65)c4)cc32)nc1. The highest BCUT2D eigenvalue weighted by Crippen LogP contribution is 2.65.